The summed E-state index contributed by atoms with van der Waals surface area (Å²) in [4.78, 5) is 48.2. The molecule has 13 heteroatoms. The molecule has 5 N–H and O–H groups in total. The first kappa shape index (κ1) is 38.0. The van der Waals surface area contributed by atoms with Crippen LogP contribution in [0.2, 0.25) is 0 Å². The van der Waals surface area contributed by atoms with Crippen molar-refractivity contribution in [2.45, 2.75) is 120 Å². The Balaban J connectivity index is 1.36. The molecule has 0 spiro atoms. The minimum atomic E-state index is -4.23. The summed E-state index contributed by atoms with van der Waals surface area (Å²) < 4.78 is 31.2. The molecule has 1 heterocycles. The number of H-pyrrole nitrogens is 1. The fourth-order valence-electron chi connectivity index (χ4n) is 6.80. The van der Waals surface area contributed by atoms with Crippen LogP contribution in [0.1, 0.15) is 89.3 Å². The van der Waals surface area contributed by atoms with Crippen molar-refractivity contribution >= 4 is 27.6 Å². The van der Waals surface area contributed by atoms with Gasteiger partial charge in [0.25, 0.3) is 0 Å². The number of imidazole rings is 1. The molecule has 0 radical (unpaired) electrons. The number of esters is 1. The number of amides is 2. The van der Waals surface area contributed by atoms with Crippen LogP contribution in [0.25, 0.3) is 0 Å². The molecule has 3 aliphatic carbocycles. The van der Waals surface area contributed by atoms with E-state index in [9.17, 15) is 33.0 Å². The second kappa shape index (κ2) is 16.8. The molecule has 1 aromatic heterocycles. The molecule has 0 aliphatic heterocycles. The van der Waals surface area contributed by atoms with E-state index in [0.717, 1.165) is 63.4 Å². The maximum absolute atomic E-state index is 14.1. The van der Waals surface area contributed by atoms with Crippen LogP contribution >= 0.6 is 0 Å². The standard InChI is InChI=1S/C37H54N4O8S/c1-37(2,36(46)49-21-26-13-14-26)50(47,48)22-28(17-24-9-5-3-6-10-24)34(44)41-31(19-29-20-38-23-39-29)35(45)40-30(18-25-11-7-4-8-12-25)33(43)32(42)27-15-16-27/h3,5-6,9-10,20,23,25-28,30-33,42-43H,4,7-8,11-19,21-22H2,1-2H3,(H,38,39)(H,40,45)(H,41,44)/t28-,30-,31-,32-,33+/m0/s1. The molecule has 0 bridgehead atoms. The molecular weight excluding hydrogens is 660 g/mol. The zero-order valence-corrected chi connectivity index (χ0v) is 30.1. The van der Waals surface area contributed by atoms with E-state index in [2.05, 4.69) is 20.6 Å². The highest BCUT2D eigenvalue weighted by molar-refractivity contribution is 7.93. The second-order valence-electron chi connectivity index (χ2n) is 15.2. The van der Waals surface area contributed by atoms with E-state index in [4.69, 9.17) is 4.74 Å². The van der Waals surface area contributed by atoms with Gasteiger partial charge in [0.05, 0.1) is 36.8 Å². The van der Waals surface area contributed by atoms with Gasteiger partial charge in [-0.15, -0.1) is 0 Å². The third kappa shape index (κ3) is 10.4. The maximum Gasteiger partial charge on any atom is 0.326 e. The second-order valence-corrected chi connectivity index (χ2v) is 17.8. The van der Waals surface area contributed by atoms with Crippen molar-refractivity contribution in [3.8, 4) is 0 Å². The topological polar surface area (TPSA) is 188 Å². The van der Waals surface area contributed by atoms with E-state index in [-0.39, 0.29) is 37.2 Å². The van der Waals surface area contributed by atoms with E-state index in [1.54, 1.807) is 30.5 Å². The summed E-state index contributed by atoms with van der Waals surface area (Å²) >= 11 is 0. The number of carbonyl (C=O) groups excluding carboxylic acids is 3. The smallest absolute Gasteiger partial charge is 0.326 e. The Labute approximate surface area is 295 Å². The third-order valence-electron chi connectivity index (χ3n) is 10.7. The summed E-state index contributed by atoms with van der Waals surface area (Å²) in [5.74, 6) is -3.32. The SMILES string of the molecule is CC(C)(C(=O)OCC1CC1)S(=O)(=O)C[C@H](Cc1ccccc1)C(=O)N[C@@H](Cc1cnc[nH]1)C(=O)N[C@@H](CC1CCCCC1)[C@@H](O)[C@@H](O)C1CC1. The van der Waals surface area contributed by atoms with Crippen molar-refractivity contribution < 1.29 is 37.8 Å². The van der Waals surface area contributed by atoms with E-state index >= 15 is 0 Å². The number of hydrogen-bond donors (Lipinski definition) is 5. The zero-order chi connectivity index (χ0) is 35.9. The number of benzene rings is 1. The van der Waals surface area contributed by atoms with Gasteiger partial charge in [-0.1, -0.05) is 62.4 Å². The van der Waals surface area contributed by atoms with Crippen molar-refractivity contribution in [3.05, 3.63) is 54.1 Å². The Morgan fingerprint density at radius 1 is 0.940 bits per heavy atom. The highest BCUT2D eigenvalue weighted by Gasteiger charge is 2.46. The van der Waals surface area contributed by atoms with Crippen LogP contribution in [-0.2, 0) is 41.8 Å². The average Bonchev–Trinajstić information content (AvgIpc) is 4.05. The molecule has 3 fully saturated rings. The fourth-order valence-corrected chi connectivity index (χ4v) is 8.33. The summed E-state index contributed by atoms with van der Waals surface area (Å²) in [6.07, 6.45) is 10.2. The molecule has 1 aromatic carbocycles. The minimum Gasteiger partial charge on any atom is -0.464 e. The molecule has 276 valence electrons. The molecule has 3 aliphatic rings. The third-order valence-corrected chi connectivity index (χ3v) is 13.2. The molecule has 2 aromatic rings. The lowest BCUT2D eigenvalue weighted by Gasteiger charge is -2.33. The molecule has 50 heavy (non-hydrogen) atoms. The Kier molecular flexibility index (Phi) is 12.8. The van der Waals surface area contributed by atoms with Crippen LogP contribution in [0.3, 0.4) is 0 Å². The number of aromatic nitrogens is 2. The number of aromatic amines is 1. The Morgan fingerprint density at radius 3 is 2.26 bits per heavy atom. The van der Waals surface area contributed by atoms with Crippen LogP contribution in [0, 0.1) is 23.7 Å². The molecule has 5 atom stereocenters. The predicted molar refractivity (Wildman–Crippen MR) is 187 cm³/mol. The summed E-state index contributed by atoms with van der Waals surface area (Å²) in [5.41, 5.74) is 1.29. The lowest BCUT2D eigenvalue weighted by atomic mass is 9.82. The first-order valence-corrected chi connectivity index (χ1v) is 19.9. The first-order valence-electron chi connectivity index (χ1n) is 18.2. The summed E-state index contributed by atoms with van der Waals surface area (Å²) in [7, 11) is -4.23. The molecule has 2 amide bonds. The van der Waals surface area contributed by atoms with Gasteiger partial charge in [-0.05, 0) is 75.7 Å². The average molecular weight is 715 g/mol. The lowest BCUT2D eigenvalue weighted by molar-refractivity contribution is -0.146. The number of aliphatic hydroxyl groups is 2. The number of rotatable bonds is 19. The van der Waals surface area contributed by atoms with E-state index in [1.165, 1.54) is 20.2 Å². The number of nitrogens with one attached hydrogen (secondary N) is 3. The van der Waals surface area contributed by atoms with Gasteiger partial charge in [0.2, 0.25) is 11.8 Å². The molecule has 0 saturated heterocycles. The first-order chi connectivity index (χ1) is 23.8. The monoisotopic (exact) mass is 714 g/mol. The quantitative estimate of drug-likeness (QED) is 0.136. The van der Waals surface area contributed by atoms with Crippen LogP contribution in [-0.4, -0.2) is 87.8 Å². The Bertz CT molecular complexity index is 1520. The number of aliphatic hydroxyl groups excluding tert-OH is 2. The largest absolute Gasteiger partial charge is 0.464 e. The van der Waals surface area contributed by atoms with E-state index < -0.39 is 68.3 Å². The molecule has 0 unspecified atom stereocenters. The van der Waals surface area contributed by atoms with Crippen LogP contribution in [0.15, 0.2) is 42.9 Å². The number of sulfone groups is 1. The highest BCUT2D eigenvalue weighted by atomic mass is 32.2. The van der Waals surface area contributed by atoms with Crippen LogP contribution in [0.4, 0.5) is 0 Å². The van der Waals surface area contributed by atoms with Crippen molar-refractivity contribution in [2.24, 2.45) is 23.7 Å². The van der Waals surface area contributed by atoms with Gasteiger partial charge in [-0.3, -0.25) is 14.4 Å². The van der Waals surface area contributed by atoms with Gasteiger partial charge >= 0.3 is 5.97 Å². The van der Waals surface area contributed by atoms with Crippen molar-refractivity contribution in [1.29, 1.82) is 0 Å². The zero-order valence-electron chi connectivity index (χ0n) is 29.3. The van der Waals surface area contributed by atoms with Gasteiger partial charge in [-0.25, -0.2) is 13.4 Å². The predicted octanol–water partition coefficient (Wildman–Crippen LogP) is 3.03. The maximum atomic E-state index is 14.1. The van der Waals surface area contributed by atoms with Gasteiger partial charge in [0.15, 0.2) is 14.6 Å². The van der Waals surface area contributed by atoms with E-state index in [0.29, 0.717) is 12.1 Å². The van der Waals surface area contributed by atoms with Gasteiger partial charge in [-0.2, -0.15) is 0 Å². The molecule has 5 rings (SSSR count). The van der Waals surface area contributed by atoms with Crippen LogP contribution < -0.4 is 10.6 Å². The number of ether oxygens (including phenoxy) is 1. The van der Waals surface area contributed by atoms with Crippen molar-refractivity contribution in [3.63, 3.8) is 0 Å². The molecule has 3 saturated carbocycles. The lowest BCUT2D eigenvalue weighted by Crippen LogP contribution is -2.57. The Hall–Kier alpha value is -3.29. The van der Waals surface area contributed by atoms with Crippen molar-refractivity contribution in [1.82, 2.24) is 20.6 Å². The van der Waals surface area contributed by atoms with Gasteiger partial charge in [0, 0.05) is 18.3 Å². The normalized spacial score (nSPS) is 20.2. The number of nitrogens with zero attached hydrogens (tertiary/aromatic N) is 1. The Morgan fingerprint density at radius 2 is 1.64 bits per heavy atom. The summed E-state index contributed by atoms with van der Waals surface area (Å²) in [6, 6.07) is 7.10. The minimum absolute atomic E-state index is 0.00724. The summed E-state index contributed by atoms with van der Waals surface area (Å²) in [6.45, 7) is 2.78. The van der Waals surface area contributed by atoms with Gasteiger partial charge < -0.3 is 30.6 Å². The van der Waals surface area contributed by atoms with Crippen molar-refractivity contribution in [2.75, 3.05) is 12.4 Å². The highest BCUT2D eigenvalue weighted by Crippen LogP contribution is 2.36. The number of hydrogen-bond acceptors (Lipinski definition) is 9. The number of carbonyl (C=O) groups is 3. The fraction of sp³-hybridized carbons (Fsp3) is 0.676. The van der Waals surface area contributed by atoms with Crippen LogP contribution in [0.5, 0.6) is 0 Å². The molecule has 12 nitrogen and oxygen atoms in total. The van der Waals surface area contributed by atoms with E-state index in [1.807, 2.05) is 6.07 Å². The summed E-state index contributed by atoms with van der Waals surface area (Å²) in [5, 5.41) is 28.0. The molecular formula is C37H54N4O8S. The van der Waals surface area contributed by atoms with Gasteiger partial charge in [0.1, 0.15) is 12.1 Å².